The molecular formula is C37H43N2NaO13S. The Morgan fingerprint density at radius 3 is 1.80 bits per heavy atom. The van der Waals surface area contributed by atoms with Gasteiger partial charge in [0.25, 0.3) is 10.1 Å². The maximum Gasteiger partial charge on any atom is 1.00 e. The third kappa shape index (κ3) is 11.2. The minimum absolute atomic E-state index is 0. The summed E-state index contributed by atoms with van der Waals surface area (Å²) in [4.78, 5) is 62.2. The second kappa shape index (κ2) is 18.9. The molecule has 0 aliphatic heterocycles. The Labute approximate surface area is 335 Å². The number of rotatable bonds is 17. The van der Waals surface area contributed by atoms with E-state index in [1.165, 1.54) is 24.3 Å². The fourth-order valence-corrected chi connectivity index (χ4v) is 7.03. The summed E-state index contributed by atoms with van der Waals surface area (Å²) >= 11 is 0. The number of nitrogens with zero attached hydrogens (tertiary/aromatic N) is 2. The van der Waals surface area contributed by atoms with Gasteiger partial charge in [-0.2, -0.15) is 8.42 Å². The normalized spacial score (nSPS) is 14.4. The summed E-state index contributed by atoms with van der Waals surface area (Å²) in [5, 5.41) is 51.7. The molecule has 0 spiro atoms. The predicted octanol–water partition coefficient (Wildman–Crippen LogP) is -0.534. The van der Waals surface area contributed by atoms with E-state index in [4.69, 9.17) is 0 Å². The van der Waals surface area contributed by atoms with Crippen LogP contribution in [0, 0.1) is 12.8 Å². The largest absolute Gasteiger partial charge is 1.00 e. The Bertz CT molecular complexity index is 2020. The molecule has 0 heterocycles. The number of hydrogen-bond acceptors (Lipinski definition) is 11. The van der Waals surface area contributed by atoms with Crippen molar-refractivity contribution in [2.45, 2.75) is 58.9 Å². The number of phenols is 1. The maximum atomic E-state index is 14.0. The van der Waals surface area contributed by atoms with E-state index in [-0.39, 0.29) is 92.0 Å². The first-order chi connectivity index (χ1) is 24.5. The van der Waals surface area contributed by atoms with Gasteiger partial charge in [-0.3, -0.25) is 33.5 Å². The zero-order chi connectivity index (χ0) is 40.1. The van der Waals surface area contributed by atoms with Crippen molar-refractivity contribution in [3.63, 3.8) is 0 Å². The Morgan fingerprint density at radius 1 is 0.815 bits per heavy atom. The first-order valence-electron chi connectivity index (χ1n) is 16.5. The van der Waals surface area contributed by atoms with Crippen LogP contribution in [0.2, 0.25) is 0 Å². The molecular weight excluding hydrogens is 735 g/mol. The molecule has 0 atom stereocenters. The summed E-state index contributed by atoms with van der Waals surface area (Å²) in [6, 6.07) is 7.09. The second-order valence-electron chi connectivity index (χ2n) is 13.4. The van der Waals surface area contributed by atoms with E-state index in [9.17, 15) is 62.5 Å². The number of ketones is 1. The van der Waals surface area contributed by atoms with Gasteiger partial charge in [-0.05, 0) is 77.3 Å². The monoisotopic (exact) mass is 778 g/mol. The number of hydrogen-bond donors (Lipinski definition) is 5. The van der Waals surface area contributed by atoms with Crippen molar-refractivity contribution >= 4 is 45.4 Å². The Morgan fingerprint density at radius 2 is 1.33 bits per heavy atom. The summed E-state index contributed by atoms with van der Waals surface area (Å²) in [7, 11) is -4.92. The molecule has 286 valence electrons. The van der Waals surface area contributed by atoms with Crippen molar-refractivity contribution in [3.05, 3.63) is 86.5 Å². The number of carbonyl (C=O) groups excluding carboxylic acids is 2. The average molecular weight is 779 g/mol. The summed E-state index contributed by atoms with van der Waals surface area (Å²) in [5.74, 6) is -7.17. The van der Waals surface area contributed by atoms with Gasteiger partial charge in [0, 0.05) is 41.9 Å². The fourth-order valence-electron chi connectivity index (χ4n) is 6.33. The number of carboxylic acids is 4. The molecule has 5 N–H and O–H groups in total. The number of benzene rings is 2. The van der Waals surface area contributed by atoms with E-state index < -0.39 is 89.2 Å². The number of aliphatic carboxylic acids is 4. The first kappa shape index (κ1) is 46.0. The number of allylic oxidation sites excluding steroid dienone is 4. The molecule has 0 saturated carbocycles. The van der Waals surface area contributed by atoms with Crippen LogP contribution in [0.25, 0.3) is 5.57 Å². The van der Waals surface area contributed by atoms with Gasteiger partial charge in [0.15, 0.2) is 5.78 Å². The maximum absolute atomic E-state index is 14.0. The average Bonchev–Trinajstić information content (AvgIpc) is 3.01. The molecule has 0 amide bonds. The standard InChI is InChI=1S/C37H44N2O13S.Na/c1-19(2)24-11-26(21(5)28(36(24)48)13-38(15-31(40)41)16-32(42)43)35(23-9-7-8-10-30(23)53(50,51)52)27-12-25(20(3)4)37(49)29(22(27)6)14-39(17-33(44)45)18-34(46)47;/h7-12,19-20,48H,13-18H2,1-6H3,(H,40,41)(H,42,43)(H,44,45)(H,46,47)(H,50,51,52);/q;+1/p-1/b35-27-;. The van der Waals surface area contributed by atoms with Crippen LogP contribution in [0.5, 0.6) is 5.75 Å². The third-order valence-corrected chi connectivity index (χ3v) is 9.73. The van der Waals surface area contributed by atoms with E-state index >= 15 is 0 Å². The van der Waals surface area contributed by atoms with Gasteiger partial charge >= 0.3 is 47.5 Å². The molecule has 0 aromatic heterocycles. The summed E-state index contributed by atoms with van der Waals surface area (Å²) in [6.07, 6.45) is 1.55. The molecule has 0 radical (unpaired) electrons. The number of carboxylic acid groups (broad SMARTS) is 4. The molecule has 2 aromatic rings. The second-order valence-corrected chi connectivity index (χ2v) is 14.8. The van der Waals surface area contributed by atoms with Crippen molar-refractivity contribution in [1.82, 2.24) is 9.80 Å². The summed E-state index contributed by atoms with van der Waals surface area (Å²) in [5.41, 5.74) is 1.88. The van der Waals surface area contributed by atoms with Crippen LogP contribution in [-0.2, 0) is 40.6 Å². The van der Waals surface area contributed by atoms with Crippen molar-refractivity contribution < 1.29 is 92.0 Å². The third-order valence-electron chi connectivity index (χ3n) is 8.82. The van der Waals surface area contributed by atoms with Gasteiger partial charge in [-0.15, -0.1) is 0 Å². The number of Topliss-reactive ketones (excluding diaryl/α,β-unsaturated/α-hetero) is 1. The molecule has 17 heteroatoms. The Balaban J connectivity index is 0.0000101. The molecule has 0 fully saturated rings. The van der Waals surface area contributed by atoms with Crippen molar-refractivity contribution in [3.8, 4) is 5.75 Å². The van der Waals surface area contributed by atoms with Crippen molar-refractivity contribution in [2.75, 3.05) is 32.7 Å². The Kier molecular flexibility index (Phi) is 16.1. The summed E-state index contributed by atoms with van der Waals surface area (Å²) in [6.45, 7) is 6.31. The zero-order valence-electron chi connectivity index (χ0n) is 31.2. The predicted molar refractivity (Wildman–Crippen MR) is 189 cm³/mol. The van der Waals surface area contributed by atoms with Crippen LogP contribution in [0.4, 0.5) is 0 Å². The topological polar surface area (TPSA) is 250 Å². The number of aromatic hydroxyl groups is 1. The minimum Gasteiger partial charge on any atom is -0.549 e. The van der Waals surface area contributed by atoms with Gasteiger partial charge in [0.05, 0.1) is 25.6 Å². The van der Waals surface area contributed by atoms with E-state index in [0.717, 1.165) is 9.80 Å². The van der Waals surface area contributed by atoms with Crippen LogP contribution in [0.3, 0.4) is 0 Å². The molecule has 0 bridgehead atoms. The molecule has 1 aliphatic carbocycles. The van der Waals surface area contributed by atoms with Crippen LogP contribution >= 0.6 is 0 Å². The van der Waals surface area contributed by atoms with E-state index in [1.807, 2.05) is 0 Å². The minimum atomic E-state index is -4.92. The molecule has 54 heavy (non-hydrogen) atoms. The quantitative estimate of drug-likeness (QED) is 0.100. The molecule has 3 rings (SSSR count). The fraction of sp³-hybridized carbons (Fsp3) is 0.378. The first-order valence-corrected chi connectivity index (χ1v) is 17.9. The van der Waals surface area contributed by atoms with Gasteiger partial charge in [-0.1, -0.05) is 45.9 Å². The van der Waals surface area contributed by atoms with Gasteiger partial charge in [-0.25, -0.2) is 0 Å². The molecule has 0 saturated heterocycles. The van der Waals surface area contributed by atoms with E-state index in [2.05, 4.69) is 0 Å². The molecule has 1 aliphatic rings. The van der Waals surface area contributed by atoms with Crippen molar-refractivity contribution in [2.24, 2.45) is 5.92 Å². The van der Waals surface area contributed by atoms with Crippen LogP contribution in [0.15, 0.2) is 63.6 Å². The van der Waals surface area contributed by atoms with Gasteiger partial charge in [0.1, 0.15) is 10.6 Å². The van der Waals surface area contributed by atoms with Crippen LogP contribution < -0.4 is 34.7 Å². The molecule has 0 unspecified atom stereocenters. The summed E-state index contributed by atoms with van der Waals surface area (Å²) < 4.78 is 36.2. The van der Waals surface area contributed by atoms with Crippen LogP contribution in [-0.4, -0.2) is 106 Å². The molecule has 2 aromatic carbocycles. The molecule has 15 nitrogen and oxygen atoms in total. The SMILES string of the molecule is CC1=C(CN(CC(=O)O)CC(=O)O)C(=O)C(C(C)C)=C/C1=C(\c1ccccc1S(=O)(=O)O)c1cc(C(C)C)c(O)c(CN(CC(=O)[O-])CC(=O)O)c1C.[Na+]. The number of carbonyl (C=O) groups is 5. The smallest absolute Gasteiger partial charge is 0.549 e. The zero-order valence-corrected chi connectivity index (χ0v) is 34.0. The van der Waals surface area contributed by atoms with E-state index in [0.29, 0.717) is 5.56 Å². The number of phenolic OH excluding ortho intramolecular Hbond substituents is 1. The van der Waals surface area contributed by atoms with Gasteiger partial charge < -0.3 is 30.3 Å². The Hall–Kier alpha value is -4.16. The van der Waals surface area contributed by atoms with Gasteiger partial charge in [0.2, 0.25) is 0 Å². The van der Waals surface area contributed by atoms with E-state index in [1.54, 1.807) is 53.7 Å². The van der Waals surface area contributed by atoms with Crippen LogP contribution in [0.1, 0.15) is 68.4 Å². The van der Waals surface area contributed by atoms with Crippen molar-refractivity contribution in [1.29, 1.82) is 0 Å².